The van der Waals surface area contributed by atoms with E-state index >= 15 is 0 Å². The molecule has 0 spiro atoms. The summed E-state index contributed by atoms with van der Waals surface area (Å²) in [6.45, 7) is 5.90. The SMILES string of the molecule is C/C=C/C(=N[C@@H](C)C(=O)C/C=C/CC(O)Nc1ccc(C)c(N2Cc3cnc(N)nc3NC2=O)c1)c1ccccc1. The number of aliphatic hydroxyl groups excluding tert-OH is 1. The van der Waals surface area contributed by atoms with Crippen molar-refractivity contribution in [3.63, 3.8) is 0 Å². The third-order valence-corrected chi connectivity index (χ3v) is 6.55. The fourth-order valence-electron chi connectivity index (χ4n) is 4.35. The number of allylic oxidation sites excluding steroid dienone is 3. The molecule has 0 saturated heterocycles. The fourth-order valence-corrected chi connectivity index (χ4v) is 4.35. The Kier molecular flexibility index (Phi) is 9.60. The number of nitrogens with zero attached hydrogens (tertiary/aromatic N) is 4. The molecule has 1 unspecified atom stereocenters. The van der Waals surface area contributed by atoms with Crippen molar-refractivity contribution in [1.29, 1.82) is 0 Å². The second kappa shape index (κ2) is 13.5. The maximum absolute atomic E-state index is 12.8. The molecule has 0 radical (unpaired) electrons. The van der Waals surface area contributed by atoms with Crippen LogP contribution >= 0.6 is 0 Å². The molecule has 1 aliphatic heterocycles. The summed E-state index contributed by atoms with van der Waals surface area (Å²) in [6, 6.07) is 14.4. The van der Waals surface area contributed by atoms with Crippen LogP contribution in [0, 0.1) is 6.92 Å². The topological polar surface area (TPSA) is 146 Å². The number of rotatable bonds is 11. The number of amides is 2. The smallest absolute Gasteiger partial charge is 0.327 e. The Balaban J connectivity index is 1.33. The number of carbonyl (C=O) groups excluding carboxylic acids is 2. The van der Waals surface area contributed by atoms with E-state index in [2.05, 4.69) is 25.6 Å². The van der Waals surface area contributed by atoms with Crippen molar-refractivity contribution >= 4 is 40.7 Å². The van der Waals surface area contributed by atoms with E-state index in [-0.39, 0.29) is 37.1 Å². The molecule has 4 rings (SSSR count). The van der Waals surface area contributed by atoms with Crippen LogP contribution in [0.5, 0.6) is 0 Å². The quantitative estimate of drug-likeness (QED) is 0.148. The number of hydrogen-bond donors (Lipinski definition) is 4. The molecule has 5 N–H and O–H groups in total. The van der Waals surface area contributed by atoms with E-state index < -0.39 is 12.3 Å². The van der Waals surface area contributed by atoms with Gasteiger partial charge in [0, 0.05) is 30.3 Å². The van der Waals surface area contributed by atoms with Crippen LogP contribution in [0.3, 0.4) is 0 Å². The van der Waals surface area contributed by atoms with Crippen LogP contribution in [-0.2, 0) is 11.3 Å². The first-order valence-electron chi connectivity index (χ1n) is 13.4. The van der Waals surface area contributed by atoms with Crippen molar-refractivity contribution in [2.75, 3.05) is 21.3 Å². The van der Waals surface area contributed by atoms with Gasteiger partial charge in [-0.3, -0.25) is 20.0 Å². The molecule has 212 valence electrons. The number of Topliss-reactive ketones (excluding diaryl/α,β-unsaturated/α-hetero) is 1. The second-order valence-corrected chi connectivity index (χ2v) is 9.71. The molecule has 0 fully saturated rings. The van der Waals surface area contributed by atoms with Crippen LogP contribution in [0.2, 0.25) is 0 Å². The molecule has 2 atom stereocenters. The van der Waals surface area contributed by atoms with E-state index in [0.29, 0.717) is 17.2 Å². The Morgan fingerprint density at radius 3 is 2.78 bits per heavy atom. The lowest BCUT2D eigenvalue weighted by Gasteiger charge is -2.30. The highest BCUT2D eigenvalue weighted by molar-refractivity contribution is 6.09. The molecule has 1 aliphatic rings. The van der Waals surface area contributed by atoms with Gasteiger partial charge in [0.15, 0.2) is 5.78 Å². The molecule has 10 heteroatoms. The van der Waals surface area contributed by atoms with Gasteiger partial charge in [-0.2, -0.15) is 4.98 Å². The number of hydrogen-bond acceptors (Lipinski definition) is 8. The number of aliphatic imine (C=N–C) groups is 1. The van der Waals surface area contributed by atoms with Crippen molar-refractivity contribution in [3.05, 3.63) is 95.7 Å². The van der Waals surface area contributed by atoms with Gasteiger partial charge in [-0.25, -0.2) is 9.78 Å². The van der Waals surface area contributed by atoms with Crippen LogP contribution in [0.4, 0.5) is 27.9 Å². The Hall–Kier alpha value is -4.83. The number of nitrogens with one attached hydrogen (secondary N) is 2. The summed E-state index contributed by atoms with van der Waals surface area (Å²) in [5.74, 6) is 0.484. The first kappa shape index (κ1) is 29.2. The molecule has 2 heterocycles. The van der Waals surface area contributed by atoms with E-state index in [4.69, 9.17) is 5.73 Å². The zero-order valence-electron chi connectivity index (χ0n) is 23.4. The molecule has 3 aromatic rings. The van der Waals surface area contributed by atoms with Gasteiger partial charge in [0.05, 0.1) is 17.9 Å². The van der Waals surface area contributed by atoms with Gasteiger partial charge in [-0.1, -0.05) is 54.6 Å². The highest BCUT2D eigenvalue weighted by atomic mass is 16.3. The summed E-state index contributed by atoms with van der Waals surface area (Å²) in [5.41, 5.74) is 10.3. The van der Waals surface area contributed by atoms with E-state index in [1.165, 1.54) is 0 Å². The van der Waals surface area contributed by atoms with Crippen LogP contribution < -0.4 is 21.3 Å². The average molecular weight is 554 g/mol. The molecule has 10 nitrogen and oxygen atoms in total. The Morgan fingerprint density at radius 1 is 1.24 bits per heavy atom. The summed E-state index contributed by atoms with van der Waals surface area (Å²) in [4.78, 5) is 39.8. The number of nitrogen functional groups attached to an aromatic ring is 1. The van der Waals surface area contributed by atoms with Gasteiger partial charge in [-0.15, -0.1) is 0 Å². The molecule has 2 aromatic carbocycles. The predicted octanol–water partition coefficient (Wildman–Crippen LogP) is 5.01. The first-order chi connectivity index (χ1) is 19.7. The lowest BCUT2D eigenvalue weighted by molar-refractivity contribution is -0.119. The van der Waals surface area contributed by atoms with Crippen LogP contribution in [0.15, 0.2) is 84.0 Å². The maximum Gasteiger partial charge on any atom is 0.327 e. The maximum atomic E-state index is 12.8. The number of urea groups is 1. The summed E-state index contributed by atoms with van der Waals surface area (Å²) in [5, 5.41) is 16.4. The lowest BCUT2D eigenvalue weighted by Crippen LogP contribution is -2.39. The fraction of sp³-hybridized carbons (Fsp3) is 0.258. The van der Waals surface area contributed by atoms with Crippen molar-refractivity contribution in [2.45, 2.75) is 52.4 Å². The largest absolute Gasteiger partial charge is 0.373 e. The first-order valence-corrected chi connectivity index (χ1v) is 13.4. The van der Waals surface area contributed by atoms with E-state index in [0.717, 1.165) is 22.4 Å². The van der Waals surface area contributed by atoms with Gasteiger partial charge in [-0.05, 0) is 50.1 Å². The Bertz CT molecular complexity index is 1480. The zero-order valence-corrected chi connectivity index (χ0v) is 23.4. The monoisotopic (exact) mass is 553 g/mol. The van der Waals surface area contributed by atoms with Crippen molar-refractivity contribution in [2.24, 2.45) is 4.99 Å². The standard InChI is InChI=1S/C31H35N7O3/c1-4-10-25(22-11-6-5-7-12-22)34-21(3)27(39)13-8-9-14-28(40)35-24-16-15-20(2)26(17-24)38-19-23-18-33-30(32)36-29(23)37-31(38)41/h4-12,15-18,21,28,35,40H,13-14,19H2,1-3H3,(H3,32,33,36,37,41)/b9-8+,10-4+,34-25?/t21-,28?/m0/s1. The number of aryl methyl sites for hydroxylation is 1. The number of anilines is 4. The van der Waals surface area contributed by atoms with Gasteiger partial charge < -0.3 is 16.2 Å². The second-order valence-electron chi connectivity index (χ2n) is 9.71. The van der Waals surface area contributed by atoms with Crippen molar-refractivity contribution in [1.82, 2.24) is 9.97 Å². The predicted molar refractivity (Wildman–Crippen MR) is 163 cm³/mol. The molecule has 0 bridgehead atoms. The minimum atomic E-state index is -0.890. The molecular formula is C31H35N7O3. The minimum absolute atomic E-state index is 0.0146. The summed E-state index contributed by atoms with van der Waals surface area (Å²) < 4.78 is 0. The molecule has 2 amide bonds. The zero-order chi connectivity index (χ0) is 29.4. The highest BCUT2D eigenvalue weighted by Crippen LogP contribution is 2.30. The normalized spacial score (nSPS) is 15.1. The third-order valence-electron chi connectivity index (χ3n) is 6.55. The number of ketones is 1. The molecule has 1 aromatic heterocycles. The summed E-state index contributed by atoms with van der Waals surface area (Å²) in [7, 11) is 0. The van der Waals surface area contributed by atoms with Gasteiger partial charge in [0.2, 0.25) is 5.95 Å². The van der Waals surface area contributed by atoms with Gasteiger partial charge >= 0.3 is 6.03 Å². The molecule has 0 aliphatic carbocycles. The van der Waals surface area contributed by atoms with E-state index in [1.807, 2.05) is 74.5 Å². The van der Waals surface area contributed by atoms with E-state index in [1.54, 1.807) is 30.2 Å². The van der Waals surface area contributed by atoms with Crippen LogP contribution in [0.25, 0.3) is 0 Å². The summed E-state index contributed by atoms with van der Waals surface area (Å²) >= 11 is 0. The number of fused-ring (bicyclic) bond motifs is 1. The van der Waals surface area contributed by atoms with Crippen LogP contribution in [0.1, 0.15) is 43.4 Å². The number of aromatic nitrogens is 2. The van der Waals surface area contributed by atoms with Crippen molar-refractivity contribution < 1.29 is 14.7 Å². The highest BCUT2D eigenvalue weighted by Gasteiger charge is 2.26. The lowest BCUT2D eigenvalue weighted by atomic mass is 10.1. The van der Waals surface area contributed by atoms with Crippen molar-refractivity contribution in [3.8, 4) is 0 Å². The molecule has 41 heavy (non-hydrogen) atoms. The Morgan fingerprint density at radius 2 is 2.02 bits per heavy atom. The molecule has 0 saturated carbocycles. The van der Waals surface area contributed by atoms with E-state index in [9.17, 15) is 14.7 Å². The number of benzene rings is 2. The minimum Gasteiger partial charge on any atom is -0.373 e. The summed E-state index contributed by atoms with van der Waals surface area (Å²) in [6.07, 6.45) is 8.53. The third kappa shape index (κ3) is 7.64. The van der Waals surface area contributed by atoms with Gasteiger partial charge in [0.25, 0.3) is 0 Å². The Labute approximate surface area is 239 Å². The molecular weight excluding hydrogens is 518 g/mol. The average Bonchev–Trinajstić information content (AvgIpc) is 2.96. The number of nitrogens with two attached hydrogens (primary N) is 1. The number of carbonyl (C=O) groups is 2. The number of aliphatic hydroxyl groups is 1. The van der Waals surface area contributed by atoms with Crippen LogP contribution in [-0.4, -0.2) is 44.9 Å². The van der Waals surface area contributed by atoms with Gasteiger partial charge in [0.1, 0.15) is 18.1 Å².